The normalized spacial score (nSPS) is 26.1. The first-order chi connectivity index (χ1) is 27.9. The summed E-state index contributed by atoms with van der Waals surface area (Å²) in [6.07, 6.45) is -6.23. The van der Waals surface area contributed by atoms with E-state index >= 15 is 4.79 Å². The minimum absolute atomic E-state index is 0.0414. The Labute approximate surface area is 338 Å². The Morgan fingerprint density at radius 2 is 1.75 bits per heavy atom. The Hall–Kier alpha value is -4.88. The summed E-state index contributed by atoms with van der Waals surface area (Å²) in [6, 6.07) is 12.1. The molecule has 0 aromatic heterocycles. The molecule has 18 heteroatoms. The summed E-state index contributed by atoms with van der Waals surface area (Å²) in [4.78, 5) is 76.0. The molecular weight excluding hydrogens is 783 g/mol. The Bertz CT molecular complexity index is 1910. The lowest BCUT2D eigenvalue weighted by Crippen LogP contribution is -2.70. The number of benzene rings is 2. The van der Waals surface area contributed by atoms with Crippen LogP contribution in [-0.2, 0) is 65.5 Å². The molecule has 4 aliphatic rings. The molecule has 4 fully saturated rings. The highest BCUT2D eigenvalue weighted by molar-refractivity contribution is 5.96. The fourth-order valence-corrected chi connectivity index (χ4v) is 8.08. The first kappa shape index (κ1) is 43.7. The highest BCUT2D eigenvalue weighted by Gasteiger charge is 2.75. The minimum atomic E-state index is -4.70. The Morgan fingerprint density at radius 3 is 2.44 bits per heavy atom. The monoisotopic (exact) mass is 831 g/mol. The summed E-state index contributed by atoms with van der Waals surface area (Å²) >= 11 is 0. The van der Waals surface area contributed by atoms with Gasteiger partial charge in [-0.15, -0.1) is 0 Å². The number of nitrogens with one attached hydrogen (secondary N) is 1. The molecule has 2 aromatic rings. The van der Waals surface area contributed by atoms with Gasteiger partial charge in [0.2, 0.25) is 11.8 Å². The summed E-state index contributed by atoms with van der Waals surface area (Å²) in [6.45, 7) is 2.62. The van der Waals surface area contributed by atoms with Crippen molar-refractivity contribution in [1.29, 1.82) is 0 Å². The maximum atomic E-state index is 15.3. The predicted octanol–water partition coefficient (Wildman–Crippen LogP) is 3.02. The number of esters is 3. The predicted molar refractivity (Wildman–Crippen MR) is 199 cm³/mol. The van der Waals surface area contributed by atoms with Gasteiger partial charge in [0, 0.05) is 32.4 Å². The van der Waals surface area contributed by atoms with Crippen LogP contribution in [-0.4, -0.2) is 126 Å². The summed E-state index contributed by atoms with van der Waals surface area (Å²) < 4.78 is 65.2. The molecule has 2 bridgehead atoms. The van der Waals surface area contributed by atoms with Crippen LogP contribution in [0.1, 0.15) is 56.7 Å². The van der Waals surface area contributed by atoms with Gasteiger partial charge in [0.05, 0.1) is 19.2 Å². The number of likely N-dealkylation sites (N-methyl/N-ethyl adjacent to an activating group) is 1. The van der Waals surface area contributed by atoms with Gasteiger partial charge in [0.25, 0.3) is 0 Å². The van der Waals surface area contributed by atoms with Crippen LogP contribution in [0.15, 0.2) is 60.7 Å². The Morgan fingerprint density at radius 1 is 1.05 bits per heavy atom. The summed E-state index contributed by atoms with van der Waals surface area (Å²) in [5, 5.41) is 14.3. The van der Waals surface area contributed by atoms with Crippen molar-refractivity contribution in [3.05, 3.63) is 77.4 Å². The second-order valence-corrected chi connectivity index (χ2v) is 16.0. The highest BCUT2D eigenvalue weighted by Crippen LogP contribution is 2.56. The number of ether oxygens (including phenoxy) is 5. The van der Waals surface area contributed by atoms with Gasteiger partial charge in [-0.3, -0.25) is 24.0 Å². The van der Waals surface area contributed by atoms with Crippen molar-refractivity contribution >= 4 is 35.8 Å². The quantitative estimate of drug-likeness (QED) is 0.152. The molecule has 8 atom stereocenters. The molecular formula is C41H48F3N3O12. The van der Waals surface area contributed by atoms with Crippen molar-refractivity contribution in [2.45, 2.75) is 107 Å². The van der Waals surface area contributed by atoms with Gasteiger partial charge in [-0.1, -0.05) is 54.6 Å². The largest absolute Gasteiger partial charge is 0.460 e. The van der Waals surface area contributed by atoms with Gasteiger partial charge in [-0.2, -0.15) is 18.2 Å². The number of aliphatic hydroxyl groups is 1. The zero-order valence-corrected chi connectivity index (χ0v) is 33.0. The zero-order chi connectivity index (χ0) is 42.7. The molecule has 3 saturated heterocycles. The summed E-state index contributed by atoms with van der Waals surface area (Å²) in [7, 11) is 1.45. The molecule has 8 unspecified atom stereocenters. The summed E-state index contributed by atoms with van der Waals surface area (Å²) in [5.74, 6) is -3.74. The smallest absolute Gasteiger partial charge is 0.422 e. The number of amides is 2. The second kappa shape index (κ2) is 17.8. The van der Waals surface area contributed by atoms with Crippen LogP contribution in [0, 0.1) is 5.41 Å². The molecule has 0 radical (unpaired) electrons. The molecule has 3 heterocycles. The first-order valence-corrected chi connectivity index (χ1v) is 19.2. The lowest BCUT2D eigenvalue weighted by Gasteiger charge is -2.50. The fraction of sp³-hybridized carbons (Fsp3) is 0.537. The number of carbonyl (C=O) groups excluding carboxylic acids is 5. The molecule has 2 amide bonds. The standard InChI is InChI=1S/C41H48F3N3O12/c1-39(2,3)58-31(50)17-15-27(21-48)45-36(51)28(18-24-10-6-5-7-11-24)46(4)38(53)40-19-29-32-33(56-23-55-32)35(40)59-47(34(40)37(52)57-29)20-26-13-9-8-12-25(26)14-16-30(49)54-22-41(42,43)44/h5-14,16,27-29,32-35,48H,15,17-23H2,1-4H3,(H,45,51). The third-order valence-corrected chi connectivity index (χ3v) is 10.7. The van der Waals surface area contributed by atoms with E-state index in [2.05, 4.69) is 10.1 Å². The van der Waals surface area contributed by atoms with E-state index in [1.807, 2.05) is 0 Å². The average Bonchev–Trinajstić information content (AvgIpc) is 3.81. The fourth-order valence-electron chi connectivity index (χ4n) is 8.08. The lowest BCUT2D eigenvalue weighted by molar-refractivity contribution is -0.204. The number of nitrogens with zero attached hydrogens (tertiary/aromatic N) is 2. The van der Waals surface area contributed by atoms with Crippen LogP contribution < -0.4 is 5.32 Å². The number of fused-ring (bicyclic) bond motifs is 4. The number of hydrogen-bond donors (Lipinski definition) is 2. The SMILES string of the molecule is CN(C(=O)C12CC3OC(=O)C1N(Cc1ccccc1C=CC(=O)OCC(F)(F)F)OC2C1OCOC31)C(Cc1ccccc1)C(=O)NC(CO)CCC(=O)OC(C)(C)C. The Kier molecular flexibility index (Phi) is 13.2. The zero-order valence-electron chi connectivity index (χ0n) is 33.0. The molecule has 320 valence electrons. The number of hydrogen-bond acceptors (Lipinski definition) is 13. The summed E-state index contributed by atoms with van der Waals surface area (Å²) in [5.41, 5.74) is -0.825. The number of rotatable bonds is 15. The van der Waals surface area contributed by atoms with E-state index in [1.54, 1.807) is 75.4 Å². The third-order valence-electron chi connectivity index (χ3n) is 10.7. The van der Waals surface area contributed by atoms with Gasteiger partial charge < -0.3 is 39.0 Å². The number of halogens is 3. The average molecular weight is 832 g/mol. The van der Waals surface area contributed by atoms with Crippen molar-refractivity contribution in [3.63, 3.8) is 0 Å². The van der Waals surface area contributed by atoms with Gasteiger partial charge in [-0.25, -0.2) is 4.79 Å². The van der Waals surface area contributed by atoms with Crippen molar-refractivity contribution in [2.75, 3.05) is 27.1 Å². The van der Waals surface area contributed by atoms with E-state index < -0.39 is 103 Å². The van der Waals surface area contributed by atoms with Gasteiger partial charge >= 0.3 is 24.1 Å². The highest BCUT2D eigenvalue weighted by atomic mass is 19.4. The van der Waals surface area contributed by atoms with Gasteiger partial charge in [0.1, 0.15) is 48.3 Å². The Balaban J connectivity index is 1.29. The van der Waals surface area contributed by atoms with Crippen LogP contribution in [0.4, 0.5) is 13.2 Å². The molecule has 1 aliphatic carbocycles. The third kappa shape index (κ3) is 9.95. The van der Waals surface area contributed by atoms with Crippen LogP contribution in [0.2, 0.25) is 0 Å². The molecule has 1 saturated carbocycles. The number of alkyl halides is 3. The van der Waals surface area contributed by atoms with Gasteiger partial charge in [-0.05, 0) is 50.0 Å². The van der Waals surface area contributed by atoms with Crippen LogP contribution >= 0.6 is 0 Å². The van der Waals surface area contributed by atoms with Crippen molar-refractivity contribution < 1.29 is 70.8 Å². The minimum Gasteiger partial charge on any atom is -0.460 e. The number of carbonyl (C=O) groups is 5. The number of aliphatic hydroxyl groups excluding tert-OH is 1. The number of hydroxylamine groups is 2. The van der Waals surface area contributed by atoms with E-state index in [0.717, 1.165) is 6.08 Å². The van der Waals surface area contributed by atoms with Crippen LogP contribution in [0.3, 0.4) is 0 Å². The van der Waals surface area contributed by atoms with Crippen molar-refractivity contribution in [1.82, 2.24) is 15.3 Å². The van der Waals surface area contributed by atoms with E-state index in [0.29, 0.717) is 16.7 Å². The van der Waals surface area contributed by atoms with Crippen molar-refractivity contribution in [3.8, 4) is 0 Å². The van der Waals surface area contributed by atoms with Crippen LogP contribution in [0.5, 0.6) is 0 Å². The molecule has 2 N–H and O–H groups in total. The molecule has 3 aliphatic heterocycles. The molecule has 59 heavy (non-hydrogen) atoms. The van der Waals surface area contributed by atoms with E-state index in [-0.39, 0.29) is 39.0 Å². The van der Waals surface area contributed by atoms with E-state index in [9.17, 15) is 37.5 Å². The molecule has 6 rings (SSSR count). The molecule has 15 nitrogen and oxygen atoms in total. The van der Waals surface area contributed by atoms with Gasteiger partial charge in [0.15, 0.2) is 12.6 Å². The van der Waals surface area contributed by atoms with E-state index in [4.69, 9.17) is 23.8 Å². The maximum Gasteiger partial charge on any atom is 0.422 e. The topological polar surface area (TPSA) is 179 Å². The molecule has 2 aromatic carbocycles. The second-order valence-electron chi connectivity index (χ2n) is 16.0. The van der Waals surface area contributed by atoms with E-state index in [1.165, 1.54) is 23.1 Å². The lowest BCUT2D eigenvalue weighted by atomic mass is 9.62. The maximum absolute atomic E-state index is 15.3. The molecule has 0 spiro atoms. The van der Waals surface area contributed by atoms with Crippen LogP contribution in [0.25, 0.3) is 6.08 Å². The first-order valence-electron chi connectivity index (χ1n) is 19.2. The van der Waals surface area contributed by atoms with Crippen molar-refractivity contribution in [2.24, 2.45) is 5.41 Å².